The number of rotatable bonds is 51. The Morgan fingerprint density at radius 3 is 1.31 bits per heavy atom. The molecule has 4 N–H and O–H groups in total. The normalized spacial score (nSPS) is 19.2. The number of hydrogen-bond donors (Lipinski definition) is 4. The second kappa shape index (κ2) is 55.1. The molecule has 133 heavy (non-hydrogen) atoms. The molecule has 8 unspecified atom stereocenters. The Hall–Kier alpha value is -8.41. The first-order valence-electron chi connectivity index (χ1n) is 45.7. The summed E-state index contributed by atoms with van der Waals surface area (Å²) < 4.78 is 208. The molecule has 5 aromatic rings. The molecule has 31 nitrogen and oxygen atoms in total. The van der Waals surface area contributed by atoms with E-state index in [-0.39, 0.29) is 81.7 Å². The van der Waals surface area contributed by atoms with E-state index >= 15 is 0 Å². The molecule has 4 aliphatic rings. The maximum Gasteiger partial charge on any atom is 0.335 e. The van der Waals surface area contributed by atoms with Crippen molar-refractivity contribution in [2.45, 2.75) is 288 Å². The maximum absolute atomic E-state index is 13.0. The molecule has 8 atom stereocenters. The Bertz CT molecular complexity index is 5410. The van der Waals surface area contributed by atoms with Crippen molar-refractivity contribution in [3.05, 3.63) is 162 Å². The molecule has 4 aliphatic heterocycles. The number of hydrogen-bond acceptors (Lipinski definition) is 25. The second-order valence-corrected chi connectivity index (χ2v) is 40.5. The number of esters is 2. The molecule has 0 bridgehead atoms. The van der Waals surface area contributed by atoms with Crippen LogP contribution in [0.3, 0.4) is 0 Å². The van der Waals surface area contributed by atoms with Crippen LogP contribution in [0.15, 0.2) is 149 Å². The van der Waals surface area contributed by atoms with Gasteiger partial charge in [0.1, 0.15) is 10.1 Å². The number of unbranched alkanes of at least 4 members (excludes halogenated alkanes) is 6. The highest BCUT2D eigenvalue weighted by molar-refractivity contribution is 7.86. The smallest absolute Gasteiger partial charge is 0.335 e. The molecule has 0 spiro atoms. The highest BCUT2D eigenvalue weighted by atomic mass is 32.2. The maximum atomic E-state index is 13.0. The summed E-state index contributed by atoms with van der Waals surface area (Å²) in [7, 11) is -17.5. The monoisotopic (exact) mass is 1970 g/mol. The number of allylic oxidation sites excluding steroid dienone is 5. The third kappa shape index (κ3) is 34.7. The zero-order chi connectivity index (χ0) is 99.1. The fraction of sp³-hybridized carbons (Fsp3) is 0.573. The van der Waals surface area contributed by atoms with E-state index in [0.29, 0.717) is 122 Å². The summed E-state index contributed by atoms with van der Waals surface area (Å²) >= 11 is -1.50. The molecule has 0 aromatic heterocycles. The van der Waals surface area contributed by atoms with Crippen LogP contribution in [0.1, 0.15) is 255 Å². The van der Waals surface area contributed by atoms with Gasteiger partial charge in [0.2, 0.25) is 17.1 Å². The van der Waals surface area contributed by atoms with Gasteiger partial charge < -0.3 is 53.4 Å². The summed E-state index contributed by atoms with van der Waals surface area (Å²) in [6, 6.07) is 29.3. The molecule has 0 fully saturated rings. The van der Waals surface area contributed by atoms with E-state index in [1.54, 1.807) is 37.3 Å². The van der Waals surface area contributed by atoms with E-state index in [1.165, 1.54) is 30.0 Å². The summed E-state index contributed by atoms with van der Waals surface area (Å²) in [4.78, 5) is 25.2. The van der Waals surface area contributed by atoms with Crippen LogP contribution in [0.5, 0.6) is 11.5 Å². The van der Waals surface area contributed by atoms with E-state index in [0.717, 1.165) is 128 Å². The van der Waals surface area contributed by atoms with E-state index in [1.807, 2.05) is 142 Å². The highest BCUT2D eigenvalue weighted by Crippen LogP contribution is 2.53. The molecule has 4 heterocycles. The van der Waals surface area contributed by atoms with Crippen molar-refractivity contribution in [3.8, 4) is 11.5 Å². The molecule has 5 aromatic carbocycles. The molecular formula is C96H139N5O26S6. The molecule has 0 radical (unpaired) electrons. The topological polar surface area (TPSA) is 449 Å². The van der Waals surface area contributed by atoms with Crippen LogP contribution >= 0.6 is 0 Å². The van der Waals surface area contributed by atoms with Crippen LogP contribution in [-0.2, 0) is 123 Å². The number of anilines is 2. The van der Waals surface area contributed by atoms with Gasteiger partial charge in [0.05, 0.1) is 75.2 Å². The molecule has 740 valence electrons. The van der Waals surface area contributed by atoms with Gasteiger partial charge in [-0.05, 0) is 209 Å². The Labute approximate surface area is 795 Å². The first kappa shape index (κ1) is 115. The lowest BCUT2D eigenvalue weighted by molar-refractivity contribution is -0.441. The van der Waals surface area contributed by atoms with Crippen molar-refractivity contribution in [2.24, 2.45) is 0 Å². The minimum atomic E-state index is -4.68. The third-order valence-electron chi connectivity index (χ3n) is 24.8. The largest absolute Gasteiger partial charge is 0.872 e. The fourth-order valence-corrected chi connectivity index (χ4v) is 20.1. The zero-order valence-electron chi connectivity index (χ0n) is 79.6. The number of ether oxygens (including phenoxy) is 6. The fourth-order valence-electron chi connectivity index (χ4n) is 17.9. The van der Waals surface area contributed by atoms with Crippen LogP contribution in [0.2, 0.25) is 0 Å². The van der Waals surface area contributed by atoms with Gasteiger partial charge in [0.25, 0.3) is 30.4 Å². The van der Waals surface area contributed by atoms with Gasteiger partial charge in [0, 0.05) is 148 Å². The van der Waals surface area contributed by atoms with Gasteiger partial charge in [-0.15, -0.1) is 11.5 Å². The van der Waals surface area contributed by atoms with Gasteiger partial charge in [-0.3, -0.25) is 23.2 Å². The van der Waals surface area contributed by atoms with E-state index in [4.69, 9.17) is 49.8 Å². The summed E-state index contributed by atoms with van der Waals surface area (Å²) in [6.07, 6.45) is 22.9. The number of para-hydroxylation sites is 1. The van der Waals surface area contributed by atoms with Gasteiger partial charge >= 0.3 is 35.1 Å². The lowest BCUT2D eigenvalue weighted by atomic mass is 9.75. The number of nitrogens with one attached hydrogen (secondary N) is 1. The molecule has 9 rings (SSSR count). The molecule has 0 aliphatic carbocycles. The second-order valence-electron chi connectivity index (χ2n) is 34.3. The van der Waals surface area contributed by atoms with Crippen molar-refractivity contribution < 1.29 is 131 Å². The van der Waals surface area contributed by atoms with E-state index in [9.17, 15) is 67.1 Å². The molecular weight excluding hydrogens is 1830 g/mol. The van der Waals surface area contributed by atoms with Crippen molar-refractivity contribution in [1.82, 2.24) is 0 Å². The Balaban J connectivity index is 0.000000366. The van der Waals surface area contributed by atoms with Gasteiger partial charge in [-0.1, -0.05) is 87.1 Å². The molecule has 0 amide bonds. The average Bonchev–Trinajstić information content (AvgIpc) is 1.58. The summed E-state index contributed by atoms with van der Waals surface area (Å²) in [5, 5.41) is 28.3. The first-order chi connectivity index (χ1) is 62.8. The lowest BCUT2D eigenvalue weighted by Gasteiger charge is -2.31. The van der Waals surface area contributed by atoms with E-state index < -0.39 is 85.6 Å². The van der Waals surface area contributed by atoms with Crippen molar-refractivity contribution in [2.75, 3.05) is 87.5 Å². The quantitative estimate of drug-likeness (QED) is 0.0122. The summed E-state index contributed by atoms with van der Waals surface area (Å²) in [6.45, 7) is 36.1. The lowest BCUT2D eigenvalue weighted by Crippen LogP contribution is -2.32. The summed E-state index contributed by atoms with van der Waals surface area (Å²) in [5.41, 5.74) is 9.79. The van der Waals surface area contributed by atoms with Crippen LogP contribution in [0, 0.1) is 0 Å². The molecule has 37 heteroatoms. The van der Waals surface area contributed by atoms with Crippen LogP contribution in [0.4, 0.5) is 28.4 Å². The van der Waals surface area contributed by atoms with E-state index in [2.05, 4.69) is 57.7 Å². The van der Waals surface area contributed by atoms with Crippen LogP contribution < -0.4 is 20.4 Å². The number of benzene rings is 5. The van der Waals surface area contributed by atoms with Crippen molar-refractivity contribution in [3.63, 3.8) is 0 Å². The molecule has 0 saturated heterocycles. The highest BCUT2D eigenvalue weighted by Gasteiger charge is 2.51. The summed E-state index contributed by atoms with van der Waals surface area (Å²) in [5.74, 6) is -1.10. The molecule has 0 saturated carbocycles. The minimum Gasteiger partial charge on any atom is -0.872 e. The average molecular weight is 1970 g/mol. The van der Waals surface area contributed by atoms with Crippen LogP contribution in [0.25, 0.3) is 0 Å². The minimum absolute atomic E-state index is 0.000895. The van der Waals surface area contributed by atoms with Gasteiger partial charge in [-0.25, -0.2) is 8.42 Å². The third-order valence-corrected chi connectivity index (χ3v) is 28.1. The zero-order valence-corrected chi connectivity index (χ0v) is 84.5. The number of carbonyl (C=O) groups excluding carboxylic acids is 2. The Morgan fingerprint density at radius 2 is 0.865 bits per heavy atom. The predicted octanol–water partition coefficient (Wildman–Crippen LogP) is 15.4. The SMILES string of the molecule is CCOC(=O)CCCCCC1(C)C(/C=C/C=C2/N(CCC(C)OCC)c3ccc(S(=O)(=O)O)cc3C2(C)CCCCS(=O)(=O)O)=[N+](CCC(C)OCC)c2ccc([O-])cc21.CCOC(=O)CCCCCC1(C)C(C)=[N+](CCC(C)OCC)c2ccc([O-])cc21.CCOC(C)CC[N+]1=C(/C=C/Nc2ccccc2)C(C)(CCCCS(=O)(=O)O)c2cc(S(=O)(=O)[O-])ccc21.O=S=O.O=S=O. The van der Waals surface area contributed by atoms with Crippen molar-refractivity contribution >= 4 is 121 Å². The Kier molecular flexibility index (Phi) is 47.7. The number of carbonyl (C=O) groups is 2. The number of fused-ring (bicyclic) bond motifs is 4. The predicted molar refractivity (Wildman–Crippen MR) is 511 cm³/mol. The standard InChI is InChI=1S/C45H66N2O11S2.C27H36N2O7S2.C24H37NO4.2O2S/c1-8-56-33(4)24-28-46-39-22-20-35(48)31-37(39)44(6,26-13-11-12-19-43(49)58-10-3)41(46)17-16-18-42-45(7,27-14-15-30-59(50,51)52)38-32-36(60(53,54)55)21-23-40(38)47(42)29-25-34(5)57-9-2;1-4-36-21(2)15-18-29-25-13-12-23(38(33,34)35)20-24(25)27(3,16-8-9-19-37(30,31)32)26(29)14-17-28-22-10-6-5-7-11-22;1-6-28-18(3)14-16-25-19(4)24(5,21-17-20(26)12-13-22(21)25)15-10-8-9-11-23(27)29-7-2;2*1-3-2/h16-18,20-23,31-34H,8-15,19,24-30H2,1-7H3,(H2-,48,50,51,52,53,54,55);5-7,10-14,17,20-21H,4,8-9,15-16,18-19H2,1-3H3,(H2,30,31,32,33,34,35);12-13,17-18H,6-11,14-16H2,1-5H3;;. The van der Waals surface area contributed by atoms with Gasteiger partial charge in [-0.2, -0.15) is 55.8 Å². The van der Waals surface area contributed by atoms with Crippen molar-refractivity contribution in [1.29, 1.82) is 0 Å². The van der Waals surface area contributed by atoms with Gasteiger partial charge in [0.15, 0.2) is 36.8 Å². The number of nitrogens with zero attached hydrogens (tertiary/aromatic N) is 4. The van der Waals surface area contributed by atoms with Crippen LogP contribution in [-0.4, -0.2) is 213 Å². The first-order valence-corrected chi connectivity index (χ1v) is 53.1. The Morgan fingerprint density at radius 1 is 0.474 bits per heavy atom.